The molecule has 21 heavy (non-hydrogen) atoms. The number of aromatic nitrogens is 1. The molecule has 0 aliphatic heterocycles. The van der Waals surface area contributed by atoms with Gasteiger partial charge in [0.1, 0.15) is 10.6 Å². The summed E-state index contributed by atoms with van der Waals surface area (Å²) in [7, 11) is -3.04. The highest BCUT2D eigenvalue weighted by atomic mass is 32.2. The third kappa shape index (κ3) is 3.59. The molecule has 1 N–H and O–H groups in total. The number of alkyl halides is 2. The van der Waals surface area contributed by atoms with Crippen molar-refractivity contribution >= 4 is 16.0 Å². The van der Waals surface area contributed by atoms with E-state index in [2.05, 4.69) is 4.98 Å². The summed E-state index contributed by atoms with van der Waals surface area (Å²) in [4.78, 5) is 14.2. The summed E-state index contributed by atoms with van der Waals surface area (Å²) in [5.74, 6) is -0.684. The highest BCUT2D eigenvalue weighted by Gasteiger charge is 2.31. The molecule has 0 spiro atoms. The SMILES string of the molecule is CCOC(=O)c1[nH]c(C)c(S(=O)(=O)N(C)CC(F)F)c1C. The average molecular weight is 324 g/mol. The van der Waals surface area contributed by atoms with E-state index in [1.165, 1.54) is 13.8 Å². The van der Waals surface area contributed by atoms with Gasteiger partial charge < -0.3 is 9.72 Å². The molecule has 0 fully saturated rings. The Morgan fingerprint density at radius 1 is 1.38 bits per heavy atom. The number of halogens is 2. The Balaban J connectivity index is 3.28. The molecular formula is C12H18F2N2O4S. The van der Waals surface area contributed by atoms with Crippen LogP contribution in [0.4, 0.5) is 8.78 Å². The molecule has 0 saturated heterocycles. The summed E-state index contributed by atoms with van der Waals surface area (Å²) in [5, 5.41) is 0. The maximum absolute atomic E-state index is 12.4. The van der Waals surface area contributed by atoms with Crippen LogP contribution in [0.5, 0.6) is 0 Å². The lowest BCUT2D eigenvalue weighted by atomic mass is 10.2. The Morgan fingerprint density at radius 3 is 2.43 bits per heavy atom. The monoisotopic (exact) mass is 324 g/mol. The average Bonchev–Trinajstić information content (AvgIpc) is 2.64. The van der Waals surface area contributed by atoms with E-state index in [1.807, 2.05) is 0 Å². The van der Waals surface area contributed by atoms with Crippen LogP contribution in [0.3, 0.4) is 0 Å². The second-order valence-electron chi connectivity index (χ2n) is 4.48. The molecule has 0 radical (unpaired) electrons. The van der Waals surface area contributed by atoms with Crippen LogP contribution < -0.4 is 0 Å². The summed E-state index contributed by atoms with van der Waals surface area (Å²) < 4.78 is 54.8. The van der Waals surface area contributed by atoms with Crippen LogP contribution in [0.1, 0.15) is 28.7 Å². The number of sulfonamides is 1. The van der Waals surface area contributed by atoms with Gasteiger partial charge in [0.25, 0.3) is 6.43 Å². The molecule has 1 aromatic heterocycles. The largest absolute Gasteiger partial charge is 0.461 e. The van der Waals surface area contributed by atoms with Gasteiger partial charge in [-0.15, -0.1) is 0 Å². The van der Waals surface area contributed by atoms with Gasteiger partial charge in [-0.25, -0.2) is 22.0 Å². The van der Waals surface area contributed by atoms with E-state index in [1.54, 1.807) is 6.92 Å². The molecule has 6 nitrogen and oxygen atoms in total. The van der Waals surface area contributed by atoms with Crippen LogP contribution in [-0.2, 0) is 14.8 Å². The lowest BCUT2D eigenvalue weighted by Gasteiger charge is -2.17. The van der Waals surface area contributed by atoms with Gasteiger partial charge in [-0.05, 0) is 20.8 Å². The zero-order valence-electron chi connectivity index (χ0n) is 12.2. The van der Waals surface area contributed by atoms with Gasteiger partial charge in [0.15, 0.2) is 0 Å². The molecule has 1 heterocycles. The first-order valence-corrected chi connectivity index (χ1v) is 7.67. The van der Waals surface area contributed by atoms with Crippen LogP contribution in [0.25, 0.3) is 0 Å². The van der Waals surface area contributed by atoms with E-state index in [4.69, 9.17) is 4.74 Å². The van der Waals surface area contributed by atoms with Gasteiger partial charge in [0, 0.05) is 18.3 Å². The minimum Gasteiger partial charge on any atom is -0.461 e. The zero-order valence-corrected chi connectivity index (χ0v) is 13.1. The molecule has 1 rings (SSSR count). The molecule has 0 aromatic carbocycles. The van der Waals surface area contributed by atoms with Crippen molar-refractivity contribution in [1.82, 2.24) is 9.29 Å². The summed E-state index contributed by atoms with van der Waals surface area (Å²) in [6.45, 7) is 3.74. The number of nitrogens with zero attached hydrogens (tertiary/aromatic N) is 1. The van der Waals surface area contributed by atoms with Gasteiger partial charge in [-0.1, -0.05) is 0 Å². The number of carbonyl (C=O) groups excluding carboxylic acids is 1. The lowest BCUT2D eigenvalue weighted by molar-refractivity contribution is 0.0519. The maximum Gasteiger partial charge on any atom is 0.355 e. The Kier molecular flexibility index (Phi) is 5.46. The van der Waals surface area contributed by atoms with Gasteiger partial charge in [0.2, 0.25) is 10.0 Å². The van der Waals surface area contributed by atoms with Crippen molar-refractivity contribution in [3.63, 3.8) is 0 Å². The molecule has 120 valence electrons. The van der Waals surface area contributed by atoms with Crippen molar-refractivity contribution in [2.75, 3.05) is 20.2 Å². The number of aryl methyl sites for hydroxylation is 1. The Bertz CT molecular complexity index is 625. The molecule has 0 saturated carbocycles. The number of H-pyrrole nitrogens is 1. The minimum atomic E-state index is -4.11. The van der Waals surface area contributed by atoms with E-state index in [-0.39, 0.29) is 28.5 Å². The van der Waals surface area contributed by atoms with Crippen molar-refractivity contribution in [2.45, 2.75) is 32.1 Å². The Morgan fingerprint density at radius 2 is 1.95 bits per heavy atom. The number of rotatable bonds is 6. The third-order valence-corrected chi connectivity index (χ3v) is 5.01. The summed E-state index contributed by atoms with van der Waals surface area (Å²) in [6.07, 6.45) is -2.78. The topological polar surface area (TPSA) is 79.5 Å². The van der Waals surface area contributed by atoms with Gasteiger partial charge >= 0.3 is 5.97 Å². The van der Waals surface area contributed by atoms with Crippen molar-refractivity contribution in [1.29, 1.82) is 0 Å². The predicted octanol–water partition coefficient (Wildman–Crippen LogP) is 1.69. The lowest BCUT2D eigenvalue weighted by Crippen LogP contribution is -2.32. The molecule has 0 aliphatic rings. The maximum atomic E-state index is 12.4. The first-order chi connectivity index (χ1) is 9.62. The second kappa shape index (κ2) is 6.52. The second-order valence-corrected chi connectivity index (χ2v) is 6.46. The number of nitrogens with one attached hydrogen (secondary N) is 1. The normalized spacial score (nSPS) is 12.2. The number of hydrogen-bond acceptors (Lipinski definition) is 4. The fourth-order valence-corrected chi connectivity index (χ4v) is 3.52. The predicted molar refractivity (Wildman–Crippen MR) is 72.0 cm³/mol. The number of carbonyl (C=O) groups is 1. The van der Waals surface area contributed by atoms with Crippen molar-refractivity contribution < 1.29 is 26.7 Å². The molecular weight excluding hydrogens is 306 g/mol. The Labute approximate surface area is 122 Å². The van der Waals surface area contributed by atoms with E-state index in [0.717, 1.165) is 7.05 Å². The summed E-state index contributed by atoms with van der Waals surface area (Å²) in [6, 6.07) is 0. The van der Waals surface area contributed by atoms with E-state index in [9.17, 15) is 22.0 Å². The van der Waals surface area contributed by atoms with Crippen molar-refractivity contribution in [3.05, 3.63) is 17.0 Å². The van der Waals surface area contributed by atoms with Gasteiger partial charge in [-0.2, -0.15) is 4.31 Å². The van der Waals surface area contributed by atoms with Crippen molar-refractivity contribution in [2.24, 2.45) is 0 Å². The highest BCUT2D eigenvalue weighted by Crippen LogP contribution is 2.26. The van der Waals surface area contributed by atoms with Crippen LogP contribution in [0, 0.1) is 13.8 Å². The molecule has 0 bridgehead atoms. The molecule has 0 unspecified atom stereocenters. The number of ether oxygens (including phenoxy) is 1. The van der Waals surface area contributed by atoms with Crippen LogP contribution in [-0.4, -0.2) is 50.3 Å². The molecule has 0 amide bonds. The van der Waals surface area contributed by atoms with Gasteiger partial charge in [-0.3, -0.25) is 0 Å². The van der Waals surface area contributed by atoms with Crippen LogP contribution >= 0.6 is 0 Å². The third-order valence-electron chi connectivity index (χ3n) is 2.91. The summed E-state index contributed by atoms with van der Waals surface area (Å²) in [5.41, 5.74) is 0.377. The van der Waals surface area contributed by atoms with Gasteiger partial charge in [0.05, 0.1) is 13.2 Å². The molecule has 0 atom stereocenters. The van der Waals surface area contributed by atoms with E-state index < -0.39 is 29.0 Å². The first-order valence-electron chi connectivity index (χ1n) is 6.23. The Hall–Kier alpha value is -1.48. The quantitative estimate of drug-likeness (QED) is 0.808. The first kappa shape index (κ1) is 17.6. The molecule has 1 aromatic rings. The smallest absolute Gasteiger partial charge is 0.355 e. The van der Waals surface area contributed by atoms with Crippen LogP contribution in [0.2, 0.25) is 0 Å². The van der Waals surface area contributed by atoms with E-state index in [0.29, 0.717) is 4.31 Å². The standard InChI is InChI=1S/C12H18F2N2O4S/c1-5-20-12(17)10-7(2)11(8(3)15-10)21(18,19)16(4)6-9(13)14/h9,15H,5-6H2,1-4H3. The molecule has 9 heteroatoms. The fourth-order valence-electron chi connectivity index (χ4n) is 1.98. The minimum absolute atomic E-state index is 0.0124. The zero-order chi connectivity index (χ0) is 16.4. The highest BCUT2D eigenvalue weighted by molar-refractivity contribution is 7.89. The van der Waals surface area contributed by atoms with Crippen LogP contribution in [0.15, 0.2) is 4.90 Å². The molecule has 0 aliphatic carbocycles. The number of aromatic amines is 1. The van der Waals surface area contributed by atoms with E-state index >= 15 is 0 Å². The fraction of sp³-hybridized carbons (Fsp3) is 0.583. The van der Waals surface area contributed by atoms with Crippen molar-refractivity contribution in [3.8, 4) is 0 Å². The number of esters is 1. The summed E-state index contributed by atoms with van der Waals surface area (Å²) >= 11 is 0. The number of hydrogen-bond donors (Lipinski definition) is 1.